The molecule has 21 heavy (non-hydrogen) atoms. The van der Waals surface area contributed by atoms with E-state index in [0.29, 0.717) is 18.4 Å². The summed E-state index contributed by atoms with van der Waals surface area (Å²) in [4.78, 5) is 13.7. The Kier molecular flexibility index (Phi) is 4.73. The molecule has 0 spiro atoms. The molecule has 0 aliphatic carbocycles. The minimum absolute atomic E-state index is 0.0294. The summed E-state index contributed by atoms with van der Waals surface area (Å²) in [6.07, 6.45) is 0.940. The highest BCUT2D eigenvalue weighted by molar-refractivity contribution is 5.76. The van der Waals surface area contributed by atoms with E-state index in [1.807, 2.05) is 13.8 Å². The molecule has 4 nitrogen and oxygen atoms in total. The molecule has 5 heteroatoms. The third-order valence-electron chi connectivity index (χ3n) is 3.56. The first-order chi connectivity index (χ1) is 9.99. The van der Waals surface area contributed by atoms with E-state index in [-0.39, 0.29) is 18.3 Å². The highest BCUT2D eigenvalue weighted by atomic mass is 19.1. The lowest BCUT2D eigenvalue weighted by molar-refractivity contribution is -0.130. The van der Waals surface area contributed by atoms with Crippen LogP contribution in [0.3, 0.4) is 0 Å². The maximum atomic E-state index is 13.6. The fourth-order valence-electron chi connectivity index (χ4n) is 2.25. The molecule has 0 bridgehead atoms. The zero-order valence-corrected chi connectivity index (χ0v) is 12.5. The Balaban J connectivity index is 1.93. The molecule has 112 valence electrons. The van der Waals surface area contributed by atoms with Gasteiger partial charge in [0.1, 0.15) is 11.6 Å². The Bertz CT molecular complexity index is 617. The highest BCUT2D eigenvalue weighted by Gasteiger charge is 2.15. The van der Waals surface area contributed by atoms with Crippen molar-refractivity contribution in [3.05, 3.63) is 52.7 Å². The maximum absolute atomic E-state index is 13.6. The molecule has 1 heterocycles. The molecule has 0 aliphatic heterocycles. The van der Waals surface area contributed by atoms with Crippen LogP contribution in [0.15, 0.2) is 28.8 Å². The van der Waals surface area contributed by atoms with Crippen molar-refractivity contribution in [3.8, 4) is 0 Å². The normalized spacial score (nSPS) is 10.7. The summed E-state index contributed by atoms with van der Waals surface area (Å²) in [6, 6.07) is 6.49. The van der Waals surface area contributed by atoms with Crippen molar-refractivity contribution in [3.63, 3.8) is 0 Å². The summed E-state index contributed by atoms with van der Waals surface area (Å²) in [5.41, 5.74) is 2.31. The van der Waals surface area contributed by atoms with E-state index in [4.69, 9.17) is 4.52 Å². The summed E-state index contributed by atoms with van der Waals surface area (Å²) in [7, 11) is 1.68. The van der Waals surface area contributed by atoms with E-state index >= 15 is 0 Å². The van der Waals surface area contributed by atoms with Crippen molar-refractivity contribution in [2.24, 2.45) is 0 Å². The van der Waals surface area contributed by atoms with Crippen LogP contribution in [0, 0.1) is 19.7 Å². The standard InChI is InChI=1S/C16H19FN2O2/c1-11-14(12(2)21-18-11)8-9-16(20)19(3)10-13-6-4-5-7-15(13)17/h4-7H,8-10H2,1-3H3. The molecule has 1 aromatic carbocycles. The molecule has 2 rings (SSSR count). The topological polar surface area (TPSA) is 46.3 Å². The highest BCUT2D eigenvalue weighted by Crippen LogP contribution is 2.15. The zero-order chi connectivity index (χ0) is 15.4. The van der Waals surface area contributed by atoms with Crippen LogP contribution in [0.5, 0.6) is 0 Å². The van der Waals surface area contributed by atoms with Crippen molar-refractivity contribution in [2.75, 3.05) is 7.05 Å². The van der Waals surface area contributed by atoms with Gasteiger partial charge >= 0.3 is 0 Å². The molecule has 1 aromatic heterocycles. The van der Waals surface area contributed by atoms with Crippen molar-refractivity contribution in [1.29, 1.82) is 0 Å². The number of hydrogen-bond acceptors (Lipinski definition) is 3. The average Bonchev–Trinajstić information content (AvgIpc) is 2.78. The minimum atomic E-state index is -0.289. The molecule has 0 unspecified atom stereocenters. The summed E-state index contributed by atoms with van der Waals surface area (Å²) in [6.45, 7) is 3.97. The Morgan fingerprint density at radius 3 is 2.67 bits per heavy atom. The Morgan fingerprint density at radius 2 is 2.05 bits per heavy atom. The number of halogens is 1. The number of carbonyl (C=O) groups excluding carboxylic acids is 1. The number of nitrogens with zero attached hydrogens (tertiary/aromatic N) is 2. The van der Waals surface area contributed by atoms with Crippen LogP contribution in [0.1, 0.15) is 29.0 Å². The zero-order valence-electron chi connectivity index (χ0n) is 12.5. The van der Waals surface area contributed by atoms with E-state index < -0.39 is 0 Å². The fraction of sp³-hybridized carbons (Fsp3) is 0.375. The van der Waals surface area contributed by atoms with Crippen molar-refractivity contribution in [2.45, 2.75) is 33.2 Å². The molecule has 0 N–H and O–H groups in total. The van der Waals surface area contributed by atoms with E-state index in [9.17, 15) is 9.18 Å². The van der Waals surface area contributed by atoms with Gasteiger partial charge in [-0.2, -0.15) is 0 Å². The van der Waals surface area contributed by atoms with Crippen molar-refractivity contribution in [1.82, 2.24) is 10.1 Å². The first kappa shape index (κ1) is 15.2. The number of benzene rings is 1. The van der Waals surface area contributed by atoms with Crippen LogP contribution in [-0.4, -0.2) is 23.0 Å². The van der Waals surface area contributed by atoms with Gasteiger partial charge in [-0.15, -0.1) is 0 Å². The van der Waals surface area contributed by atoms with Gasteiger partial charge in [0.25, 0.3) is 0 Å². The molecule has 1 amide bonds. The maximum Gasteiger partial charge on any atom is 0.222 e. The molecule has 0 radical (unpaired) electrons. The van der Waals surface area contributed by atoms with Gasteiger partial charge < -0.3 is 9.42 Å². The number of rotatable bonds is 5. The minimum Gasteiger partial charge on any atom is -0.361 e. The van der Waals surface area contributed by atoms with Crippen LogP contribution >= 0.6 is 0 Å². The van der Waals surface area contributed by atoms with Gasteiger partial charge in [-0.1, -0.05) is 23.4 Å². The van der Waals surface area contributed by atoms with E-state index in [0.717, 1.165) is 17.0 Å². The van der Waals surface area contributed by atoms with Gasteiger partial charge in [0.15, 0.2) is 0 Å². The Morgan fingerprint density at radius 1 is 1.33 bits per heavy atom. The summed E-state index contributed by atoms with van der Waals surface area (Å²) in [5.74, 6) is 0.429. The lowest BCUT2D eigenvalue weighted by atomic mass is 10.1. The fourth-order valence-corrected chi connectivity index (χ4v) is 2.25. The summed E-state index contributed by atoms with van der Waals surface area (Å²) in [5, 5.41) is 3.87. The van der Waals surface area contributed by atoms with Gasteiger partial charge in [0.2, 0.25) is 5.91 Å². The average molecular weight is 290 g/mol. The third kappa shape index (κ3) is 3.68. The van der Waals surface area contributed by atoms with Crippen LogP contribution in [-0.2, 0) is 17.8 Å². The lowest BCUT2D eigenvalue weighted by Crippen LogP contribution is -2.26. The number of carbonyl (C=O) groups is 1. The van der Waals surface area contributed by atoms with E-state index in [1.54, 1.807) is 25.2 Å². The number of aryl methyl sites for hydroxylation is 2. The smallest absolute Gasteiger partial charge is 0.222 e. The van der Waals surface area contributed by atoms with Crippen molar-refractivity contribution >= 4 is 5.91 Å². The number of aromatic nitrogens is 1. The predicted octanol–water partition coefficient (Wildman–Crippen LogP) is 3.02. The monoisotopic (exact) mass is 290 g/mol. The lowest BCUT2D eigenvalue weighted by Gasteiger charge is -2.17. The van der Waals surface area contributed by atoms with Crippen LogP contribution in [0.25, 0.3) is 0 Å². The quantitative estimate of drug-likeness (QED) is 0.850. The first-order valence-corrected chi connectivity index (χ1v) is 6.88. The predicted molar refractivity (Wildman–Crippen MR) is 77.2 cm³/mol. The second-order valence-electron chi connectivity index (χ2n) is 5.14. The van der Waals surface area contributed by atoms with Crippen LogP contribution in [0.2, 0.25) is 0 Å². The molecule has 0 aliphatic rings. The molecular formula is C16H19FN2O2. The largest absolute Gasteiger partial charge is 0.361 e. The number of hydrogen-bond donors (Lipinski definition) is 0. The second-order valence-corrected chi connectivity index (χ2v) is 5.14. The number of amides is 1. The molecule has 0 saturated heterocycles. The molecule has 0 fully saturated rings. The molecular weight excluding hydrogens is 271 g/mol. The van der Waals surface area contributed by atoms with Crippen LogP contribution in [0.4, 0.5) is 4.39 Å². The summed E-state index contributed by atoms with van der Waals surface area (Å²) >= 11 is 0. The summed E-state index contributed by atoms with van der Waals surface area (Å²) < 4.78 is 18.6. The third-order valence-corrected chi connectivity index (χ3v) is 3.56. The first-order valence-electron chi connectivity index (χ1n) is 6.88. The second kappa shape index (κ2) is 6.52. The molecule has 2 aromatic rings. The molecule has 0 atom stereocenters. The Hall–Kier alpha value is -2.17. The SMILES string of the molecule is Cc1noc(C)c1CCC(=O)N(C)Cc1ccccc1F. The van der Waals surface area contributed by atoms with E-state index in [2.05, 4.69) is 5.16 Å². The van der Waals surface area contributed by atoms with E-state index in [1.165, 1.54) is 11.0 Å². The van der Waals surface area contributed by atoms with Crippen molar-refractivity contribution < 1.29 is 13.7 Å². The van der Waals surface area contributed by atoms with Gasteiger partial charge in [0.05, 0.1) is 5.69 Å². The molecule has 0 saturated carbocycles. The Labute approximate surface area is 123 Å². The van der Waals surface area contributed by atoms with Crippen LogP contribution < -0.4 is 0 Å². The van der Waals surface area contributed by atoms with Gasteiger partial charge in [-0.3, -0.25) is 4.79 Å². The van der Waals surface area contributed by atoms with Gasteiger partial charge in [-0.05, 0) is 26.3 Å². The van der Waals surface area contributed by atoms with Gasteiger partial charge in [-0.25, -0.2) is 4.39 Å². The van der Waals surface area contributed by atoms with Gasteiger partial charge in [0, 0.05) is 31.1 Å².